The third kappa shape index (κ3) is 4.24. The lowest BCUT2D eigenvalue weighted by molar-refractivity contribution is -0.136. The monoisotopic (exact) mass is 343 g/mol. The lowest BCUT2D eigenvalue weighted by Gasteiger charge is -2.35. The molecule has 1 aromatic carbocycles. The molecule has 0 unspecified atom stereocenters. The van der Waals surface area contributed by atoms with Crippen molar-refractivity contribution < 1.29 is 9.53 Å². The average Bonchev–Trinajstić information content (AvgIpc) is 3.15. The first kappa shape index (κ1) is 17.6. The molecule has 0 spiro atoms. The van der Waals surface area contributed by atoms with Crippen LogP contribution in [0.2, 0.25) is 0 Å². The summed E-state index contributed by atoms with van der Waals surface area (Å²) in [5, 5.41) is 10.6. The van der Waals surface area contributed by atoms with Crippen molar-refractivity contribution in [2.45, 2.75) is 25.9 Å². The summed E-state index contributed by atoms with van der Waals surface area (Å²) >= 11 is 0. The van der Waals surface area contributed by atoms with E-state index in [0.717, 1.165) is 37.1 Å². The van der Waals surface area contributed by atoms with Crippen LogP contribution < -0.4 is 10.6 Å². The fourth-order valence-electron chi connectivity index (χ4n) is 3.35. The molecule has 1 saturated heterocycles. The average molecular weight is 343 g/mol. The van der Waals surface area contributed by atoms with Gasteiger partial charge in [-0.25, -0.2) is 9.67 Å². The minimum atomic E-state index is -0.430. The highest BCUT2D eigenvalue weighted by atomic mass is 16.5. The Morgan fingerprint density at radius 3 is 2.76 bits per heavy atom. The second-order valence-corrected chi connectivity index (χ2v) is 6.51. The molecule has 0 saturated carbocycles. The highest BCUT2D eigenvalue weighted by molar-refractivity contribution is 5.83. The van der Waals surface area contributed by atoms with Crippen LogP contribution in [0.25, 0.3) is 0 Å². The summed E-state index contributed by atoms with van der Waals surface area (Å²) in [6.45, 7) is 3.29. The Morgan fingerprint density at radius 1 is 1.32 bits per heavy atom. The molecule has 0 bridgehead atoms. The number of nitrogens with one attached hydrogen (secondary N) is 2. The molecule has 3 rings (SSSR count). The van der Waals surface area contributed by atoms with Crippen molar-refractivity contribution in [1.82, 2.24) is 25.4 Å². The molecule has 25 heavy (non-hydrogen) atoms. The van der Waals surface area contributed by atoms with E-state index in [1.54, 1.807) is 18.1 Å². The number of benzene rings is 1. The molecule has 0 radical (unpaired) electrons. The number of piperidine rings is 1. The molecule has 2 aromatic rings. The van der Waals surface area contributed by atoms with Crippen LogP contribution in [0.4, 0.5) is 0 Å². The van der Waals surface area contributed by atoms with Gasteiger partial charge in [-0.1, -0.05) is 24.3 Å². The Balaban J connectivity index is 1.67. The predicted octanol–water partition coefficient (Wildman–Crippen LogP) is 0.959. The summed E-state index contributed by atoms with van der Waals surface area (Å²) < 4.78 is 7.12. The first-order valence-electron chi connectivity index (χ1n) is 8.61. The third-order valence-electron chi connectivity index (χ3n) is 4.82. The van der Waals surface area contributed by atoms with Crippen molar-refractivity contribution in [3.05, 3.63) is 48.0 Å². The van der Waals surface area contributed by atoms with Crippen molar-refractivity contribution in [3.8, 4) is 0 Å². The van der Waals surface area contributed by atoms with E-state index in [2.05, 4.69) is 26.8 Å². The lowest BCUT2D eigenvalue weighted by Crippen LogP contribution is -2.50. The molecule has 1 amide bonds. The number of amides is 1. The van der Waals surface area contributed by atoms with Gasteiger partial charge in [-0.05, 0) is 37.1 Å². The third-order valence-corrected chi connectivity index (χ3v) is 4.82. The highest BCUT2D eigenvalue weighted by Gasteiger charge is 2.39. The van der Waals surface area contributed by atoms with Gasteiger partial charge in [0, 0.05) is 13.7 Å². The molecule has 7 nitrogen and oxygen atoms in total. The number of methoxy groups -OCH3 is 1. The summed E-state index contributed by atoms with van der Waals surface area (Å²) in [5.74, 6) is 0.0754. The standard InChI is InChI=1S/C18H25N5O2/c1-25-12-18(6-8-19-9-7-18)17(24)21-10-15-4-2-3-5-16(15)11-23-14-20-13-22-23/h2-5,13-14,19H,6-12H2,1H3,(H,21,24). The summed E-state index contributed by atoms with van der Waals surface area (Å²) in [5.41, 5.74) is 1.79. The van der Waals surface area contributed by atoms with Crippen molar-refractivity contribution in [1.29, 1.82) is 0 Å². The van der Waals surface area contributed by atoms with Crippen LogP contribution in [0.3, 0.4) is 0 Å². The van der Waals surface area contributed by atoms with Crippen molar-refractivity contribution in [2.24, 2.45) is 5.41 Å². The van der Waals surface area contributed by atoms with E-state index in [4.69, 9.17) is 4.74 Å². The van der Waals surface area contributed by atoms with Gasteiger partial charge in [0.05, 0.1) is 18.6 Å². The van der Waals surface area contributed by atoms with Crippen LogP contribution in [0.15, 0.2) is 36.9 Å². The molecule has 2 N–H and O–H groups in total. The molecule has 0 atom stereocenters. The molecule has 134 valence electrons. The van der Waals surface area contributed by atoms with Crippen molar-refractivity contribution in [3.63, 3.8) is 0 Å². The fourth-order valence-corrected chi connectivity index (χ4v) is 3.35. The van der Waals surface area contributed by atoms with Crippen LogP contribution in [0.1, 0.15) is 24.0 Å². The van der Waals surface area contributed by atoms with E-state index in [-0.39, 0.29) is 5.91 Å². The number of rotatable bonds is 7. The minimum absolute atomic E-state index is 0.0754. The van der Waals surface area contributed by atoms with E-state index in [0.29, 0.717) is 19.7 Å². The largest absolute Gasteiger partial charge is 0.384 e. The second-order valence-electron chi connectivity index (χ2n) is 6.51. The Morgan fingerprint density at radius 2 is 2.08 bits per heavy atom. The van der Waals surface area contributed by atoms with Gasteiger partial charge in [0.15, 0.2) is 0 Å². The first-order chi connectivity index (χ1) is 12.2. The smallest absolute Gasteiger partial charge is 0.228 e. The van der Waals surface area contributed by atoms with E-state index in [9.17, 15) is 4.79 Å². The number of hydrogen-bond donors (Lipinski definition) is 2. The summed E-state index contributed by atoms with van der Waals surface area (Å²) in [7, 11) is 1.66. The number of nitrogens with zero attached hydrogens (tertiary/aromatic N) is 3. The zero-order valence-electron chi connectivity index (χ0n) is 14.6. The molecular weight excluding hydrogens is 318 g/mol. The summed E-state index contributed by atoms with van der Waals surface area (Å²) in [6.07, 6.45) is 4.81. The normalized spacial score (nSPS) is 16.5. The summed E-state index contributed by atoms with van der Waals surface area (Å²) in [6, 6.07) is 8.08. The van der Waals surface area contributed by atoms with Gasteiger partial charge in [0.1, 0.15) is 12.7 Å². The van der Waals surface area contributed by atoms with Gasteiger partial charge >= 0.3 is 0 Å². The van der Waals surface area contributed by atoms with E-state index >= 15 is 0 Å². The van der Waals surface area contributed by atoms with Crippen LogP contribution in [0.5, 0.6) is 0 Å². The van der Waals surface area contributed by atoms with Crippen LogP contribution >= 0.6 is 0 Å². The lowest BCUT2D eigenvalue weighted by atomic mass is 9.78. The predicted molar refractivity (Wildman–Crippen MR) is 93.8 cm³/mol. The molecule has 0 aliphatic carbocycles. The minimum Gasteiger partial charge on any atom is -0.384 e. The molecule has 2 heterocycles. The van der Waals surface area contributed by atoms with Crippen LogP contribution in [-0.2, 0) is 22.6 Å². The maximum absolute atomic E-state index is 12.9. The molecule has 1 aliphatic rings. The maximum Gasteiger partial charge on any atom is 0.228 e. The van der Waals surface area contributed by atoms with Crippen LogP contribution in [0, 0.1) is 5.41 Å². The second kappa shape index (κ2) is 8.22. The Hall–Kier alpha value is -2.25. The zero-order chi connectivity index (χ0) is 17.5. The maximum atomic E-state index is 12.9. The Labute approximate surface area is 147 Å². The van der Waals surface area contributed by atoms with Gasteiger partial charge in [-0.3, -0.25) is 4.79 Å². The number of hydrogen-bond acceptors (Lipinski definition) is 5. The highest BCUT2D eigenvalue weighted by Crippen LogP contribution is 2.29. The van der Waals surface area contributed by atoms with Gasteiger partial charge in [0.2, 0.25) is 5.91 Å². The van der Waals surface area contributed by atoms with Gasteiger partial charge < -0.3 is 15.4 Å². The molecule has 1 aliphatic heterocycles. The van der Waals surface area contributed by atoms with E-state index in [1.165, 1.54) is 6.33 Å². The number of aromatic nitrogens is 3. The van der Waals surface area contributed by atoms with Gasteiger partial charge in [-0.2, -0.15) is 5.10 Å². The zero-order valence-corrected chi connectivity index (χ0v) is 14.6. The molecule has 1 aromatic heterocycles. The Kier molecular flexibility index (Phi) is 5.78. The molecular formula is C18H25N5O2. The van der Waals surface area contributed by atoms with Crippen LogP contribution in [-0.4, -0.2) is 47.5 Å². The van der Waals surface area contributed by atoms with E-state index < -0.39 is 5.41 Å². The quantitative estimate of drug-likeness (QED) is 0.783. The Bertz CT molecular complexity index is 675. The number of carbonyl (C=O) groups is 1. The summed E-state index contributed by atoms with van der Waals surface area (Å²) in [4.78, 5) is 16.8. The molecule has 7 heteroatoms. The number of ether oxygens (including phenoxy) is 1. The topological polar surface area (TPSA) is 81.1 Å². The first-order valence-corrected chi connectivity index (χ1v) is 8.61. The number of carbonyl (C=O) groups excluding carboxylic acids is 1. The SMILES string of the molecule is COCC1(C(=O)NCc2ccccc2Cn2cncn2)CCNCC1. The fraction of sp³-hybridized carbons (Fsp3) is 0.500. The van der Waals surface area contributed by atoms with Crippen molar-refractivity contribution >= 4 is 5.91 Å². The van der Waals surface area contributed by atoms with Crippen molar-refractivity contribution in [2.75, 3.05) is 26.8 Å². The van der Waals surface area contributed by atoms with E-state index in [1.807, 2.05) is 18.2 Å². The van der Waals surface area contributed by atoms with Gasteiger partial charge in [-0.15, -0.1) is 0 Å². The van der Waals surface area contributed by atoms with Gasteiger partial charge in [0.25, 0.3) is 0 Å². The molecule has 1 fully saturated rings.